The van der Waals surface area contributed by atoms with E-state index in [1.165, 1.54) is 22.5 Å². The first-order chi connectivity index (χ1) is 12.3. The van der Waals surface area contributed by atoms with E-state index in [2.05, 4.69) is 54.6 Å². The van der Waals surface area contributed by atoms with Crippen LogP contribution in [-0.4, -0.2) is 5.78 Å². The van der Waals surface area contributed by atoms with Crippen LogP contribution in [0.15, 0.2) is 96.4 Å². The summed E-state index contributed by atoms with van der Waals surface area (Å²) in [5.41, 5.74) is 3.63. The predicted octanol–water partition coefficient (Wildman–Crippen LogP) is 5.89. The van der Waals surface area contributed by atoms with Crippen LogP contribution in [-0.2, 0) is 29.9 Å². The Kier molecular flexibility index (Phi) is 8.30. The topological polar surface area (TPSA) is 17.1 Å². The van der Waals surface area contributed by atoms with Gasteiger partial charge in [0.2, 0.25) is 0 Å². The van der Waals surface area contributed by atoms with Crippen LogP contribution < -0.4 is 0 Å². The van der Waals surface area contributed by atoms with Gasteiger partial charge in [-0.3, -0.25) is 0 Å². The van der Waals surface area contributed by atoms with E-state index in [1.54, 1.807) is 0 Å². The Labute approximate surface area is 169 Å². The molecular formula is C23H20FeOS-6. The van der Waals surface area contributed by atoms with Gasteiger partial charge in [-0.2, -0.15) is 23.5 Å². The number of carbonyl (C=O) groups is 1. The van der Waals surface area contributed by atoms with Gasteiger partial charge in [-0.15, -0.1) is 12.1 Å². The van der Waals surface area contributed by atoms with Crippen LogP contribution in [0.3, 0.4) is 0 Å². The number of hydrogen-bond acceptors (Lipinski definition) is 2. The van der Waals surface area contributed by atoms with Crippen LogP contribution >= 0.6 is 11.3 Å². The smallest absolute Gasteiger partial charge is 0.122 e. The monoisotopic (exact) mass is 400 g/mol. The number of aryl methyl sites for hydroxylation is 2. The maximum Gasteiger partial charge on any atom is 0.122 e. The number of thiophene rings is 1. The predicted molar refractivity (Wildman–Crippen MR) is 106 cm³/mol. The molecule has 0 radical (unpaired) electrons. The van der Waals surface area contributed by atoms with Gasteiger partial charge in [0.1, 0.15) is 5.78 Å². The minimum Gasteiger partial charge on any atom is -0.748 e. The first-order valence-corrected chi connectivity index (χ1v) is 9.25. The van der Waals surface area contributed by atoms with E-state index in [4.69, 9.17) is 0 Å². The summed E-state index contributed by atoms with van der Waals surface area (Å²) in [7, 11) is 0. The van der Waals surface area contributed by atoms with Gasteiger partial charge in [-0.25, -0.2) is 6.42 Å². The van der Waals surface area contributed by atoms with Crippen molar-refractivity contribution in [3.63, 3.8) is 0 Å². The van der Waals surface area contributed by atoms with Gasteiger partial charge in [-0.05, 0) is 5.38 Å². The van der Waals surface area contributed by atoms with Crippen molar-refractivity contribution < 1.29 is 21.9 Å². The van der Waals surface area contributed by atoms with Crippen LogP contribution in [0.25, 0.3) is 0 Å². The molecule has 0 saturated carbocycles. The van der Waals surface area contributed by atoms with E-state index in [0.29, 0.717) is 0 Å². The molecule has 1 heterocycles. The van der Waals surface area contributed by atoms with Crippen molar-refractivity contribution in [2.75, 3.05) is 0 Å². The Morgan fingerprint density at radius 3 is 2.23 bits per heavy atom. The zero-order valence-electron chi connectivity index (χ0n) is 14.3. The Bertz CT molecular complexity index is 808. The van der Waals surface area contributed by atoms with Crippen molar-refractivity contribution in [3.05, 3.63) is 118 Å². The fraction of sp³-hybridized carbons (Fsp3) is 0.0870. The average Bonchev–Trinajstić information content (AvgIpc) is 3.44. The Morgan fingerprint density at radius 2 is 1.62 bits per heavy atom. The third-order valence-corrected chi connectivity index (χ3v) is 4.82. The molecule has 0 N–H and O–H groups in total. The van der Waals surface area contributed by atoms with Crippen molar-refractivity contribution in [2.24, 2.45) is 0 Å². The molecule has 0 aliphatic rings. The average molecular weight is 400 g/mol. The molecular weight excluding hydrogens is 380 g/mol. The van der Waals surface area contributed by atoms with Crippen LogP contribution in [0, 0.1) is 0 Å². The van der Waals surface area contributed by atoms with E-state index in [-0.39, 0.29) is 22.9 Å². The Morgan fingerprint density at radius 1 is 0.923 bits per heavy atom. The normalized spacial score (nSPS) is 9.69. The molecule has 1 aromatic heterocycles. The molecule has 0 spiro atoms. The summed E-state index contributed by atoms with van der Waals surface area (Å²) in [5.74, 6) is 0.120. The fourth-order valence-corrected chi connectivity index (χ4v) is 3.28. The van der Waals surface area contributed by atoms with Crippen molar-refractivity contribution in [1.29, 1.82) is 0 Å². The second kappa shape index (κ2) is 10.7. The molecule has 0 atom stereocenters. The number of rotatable bonds is 5. The molecule has 0 aliphatic carbocycles. The zero-order chi connectivity index (χ0) is 17.3. The van der Waals surface area contributed by atoms with E-state index in [1.807, 2.05) is 41.8 Å². The third kappa shape index (κ3) is 5.96. The number of ketones is 1. The van der Waals surface area contributed by atoms with Crippen molar-refractivity contribution in [2.45, 2.75) is 12.8 Å². The molecule has 0 saturated heterocycles. The van der Waals surface area contributed by atoms with Crippen molar-refractivity contribution in [3.8, 4) is 0 Å². The van der Waals surface area contributed by atoms with Gasteiger partial charge < -0.3 is 34.6 Å². The molecule has 0 amide bonds. The summed E-state index contributed by atoms with van der Waals surface area (Å²) in [5, 5.41) is 1.91. The van der Waals surface area contributed by atoms with Gasteiger partial charge in [0.25, 0.3) is 0 Å². The van der Waals surface area contributed by atoms with Crippen LogP contribution in [0.4, 0.5) is 0 Å². The largest absolute Gasteiger partial charge is 0.748 e. The van der Waals surface area contributed by atoms with Gasteiger partial charge in [0.15, 0.2) is 0 Å². The first-order valence-electron chi connectivity index (χ1n) is 8.37. The SMILES string of the molecule is O=C(c1cccs1)[c-]1cccc1.[Fe].c1ccc(CC[c-]2[cH-][cH-][cH-][cH-]2)cc1. The van der Waals surface area contributed by atoms with Gasteiger partial charge >= 0.3 is 0 Å². The molecule has 4 rings (SSSR count). The summed E-state index contributed by atoms with van der Waals surface area (Å²) in [6.45, 7) is 0. The maximum absolute atomic E-state index is 11.6. The number of carbonyl (C=O) groups excluding carboxylic acids is 1. The summed E-state index contributed by atoms with van der Waals surface area (Å²) < 4.78 is 0. The van der Waals surface area contributed by atoms with E-state index < -0.39 is 0 Å². The first kappa shape index (κ1) is 20.1. The number of benzene rings is 1. The molecule has 3 heteroatoms. The van der Waals surface area contributed by atoms with E-state index in [9.17, 15) is 4.79 Å². The molecule has 26 heavy (non-hydrogen) atoms. The van der Waals surface area contributed by atoms with Gasteiger partial charge in [-0.1, -0.05) is 60.0 Å². The van der Waals surface area contributed by atoms with Crippen LogP contribution in [0.1, 0.15) is 26.4 Å². The van der Waals surface area contributed by atoms with Crippen molar-refractivity contribution >= 4 is 17.1 Å². The molecule has 138 valence electrons. The van der Waals surface area contributed by atoms with Crippen LogP contribution in [0.5, 0.6) is 0 Å². The van der Waals surface area contributed by atoms with Crippen molar-refractivity contribution in [1.82, 2.24) is 0 Å². The minimum absolute atomic E-state index is 0. The maximum atomic E-state index is 11.6. The number of hydrogen-bond donors (Lipinski definition) is 0. The molecule has 0 aliphatic heterocycles. The summed E-state index contributed by atoms with van der Waals surface area (Å²) >= 11 is 1.48. The molecule has 4 aromatic rings. The summed E-state index contributed by atoms with van der Waals surface area (Å²) in [6.07, 6.45) is 2.29. The molecule has 3 aromatic carbocycles. The Hall–Kier alpha value is -2.19. The van der Waals surface area contributed by atoms with Gasteiger partial charge in [0.05, 0.1) is 0 Å². The fourth-order valence-electron chi connectivity index (χ4n) is 2.59. The molecule has 0 fully saturated rings. The molecule has 1 nitrogen and oxygen atoms in total. The summed E-state index contributed by atoms with van der Waals surface area (Å²) in [6, 6.07) is 30.3. The molecule has 0 bridgehead atoms. The summed E-state index contributed by atoms with van der Waals surface area (Å²) in [4.78, 5) is 12.4. The van der Waals surface area contributed by atoms with E-state index >= 15 is 0 Å². The zero-order valence-corrected chi connectivity index (χ0v) is 16.2. The van der Waals surface area contributed by atoms with Gasteiger partial charge in [0, 0.05) is 21.9 Å². The standard InChI is InChI=1S/C13H13.C10H7OS.Fe/c1-2-6-12(7-3-1)10-11-13-8-4-5-9-13;11-10(8-4-1-2-5-8)9-6-3-7-12-9;/h1-9H,10-11H2;1-7H;/q-5;-1;. The Balaban J connectivity index is 0.000000180. The second-order valence-electron chi connectivity index (χ2n) is 5.76. The second-order valence-corrected chi connectivity index (χ2v) is 6.71. The third-order valence-electron chi connectivity index (χ3n) is 3.95. The molecule has 0 unspecified atom stereocenters. The van der Waals surface area contributed by atoms with Crippen LogP contribution in [0.2, 0.25) is 0 Å². The minimum atomic E-state index is 0. The van der Waals surface area contributed by atoms with E-state index in [0.717, 1.165) is 23.3 Å². The quantitative estimate of drug-likeness (QED) is 0.232.